The first-order valence-corrected chi connectivity index (χ1v) is 12.1. The Morgan fingerprint density at radius 3 is 1.71 bits per heavy atom. The number of rotatable bonds is 2. The van der Waals surface area contributed by atoms with Crippen LogP contribution in [0.1, 0.15) is 43.9 Å². The molecule has 0 aromatic heterocycles. The van der Waals surface area contributed by atoms with Crippen molar-refractivity contribution in [1.82, 2.24) is 0 Å². The van der Waals surface area contributed by atoms with Crippen LogP contribution >= 0.6 is 0 Å². The zero-order chi connectivity index (χ0) is 17.1. The van der Waals surface area contributed by atoms with Crippen LogP contribution in [0.2, 0.25) is 13.1 Å². The first-order valence-electron chi connectivity index (χ1n) is 8.98. The molecule has 0 saturated heterocycles. The van der Waals surface area contributed by atoms with Gasteiger partial charge in [-0.15, -0.1) is 0 Å². The Morgan fingerprint density at radius 2 is 1.25 bits per heavy atom. The fourth-order valence-corrected chi connectivity index (χ4v) is 9.18. The predicted molar refractivity (Wildman–Crippen MR) is 107 cm³/mol. The lowest BCUT2D eigenvalue weighted by Gasteiger charge is -2.34. The molecule has 2 aliphatic rings. The SMILES string of the molecule is CC1=C(C)C(C)=C([Si](C)(C)C2c3ccccc3-c3ccccc32)C1. The fraction of sp³-hybridized carbons (Fsp3) is 0.304. The molecule has 0 aliphatic heterocycles. The molecule has 0 radical (unpaired) electrons. The third-order valence-corrected chi connectivity index (χ3v) is 10.6. The Kier molecular flexibility index (Phi) is 3.47. The van der Waals surface area contributed by atoms with E-state index in [0.717, 1.165) is 0 Å². The molecule has 24 heavy (non-hydrogen) atoms. The molecule has 0 atom stereocenters. The molecule has 0 nitrogen and oxygen atoms in total. The quantitative estimate of drug-likeness (QED) is 0.541. The van der Waals surface area contributed by atoms with Crippen LogP contribution in [0.3, 0.4) is 0 Å². The maximum atomic E-state index is 2.58. The Labute approximate surface area is 146 Å². The summed E-state index contributed by atoms with van der Waals surface area (Å²) in [6.07, 6.45) is 1.19. The van der Waals surface area contributed by atoms with Gasteiger partial charge in [0, 0.05) is 5.54 Å². The Hall–Kier alpha value is -1.86. The summed E-state index contributed by atoms with van der Waals surface area (Å²) < 4.78 is 0. The van der Waals surface area contributed by atoms with Crippen molar-refractivity contribution in [3.05, 3.63) is 81.6 Å². The second-order valence-corrected chi connectivity index (χ2v) is 12.6. The van der Waals surface area contributed by atoms with Crippen LogP contribution in [0.5, 0.6) is 0 Å². The van der Waals surface area contributed by atoms with Crippen LogP contribution in [0.25, 0.3) is 11.1 Å². The Morgan fingerprint density at radius 1 is 0.750 bits per heavy atom. The highest BCUT2D eigenvalue weighted by Gasteiger charge is 2.44. The number of hydrogen-bond donors (Lipinski definition) is 0. The van der Waals surface area contributed by atoms with E-state index in [4.69, 9.17) is 0 Å². The van der Waals surface area contributed by atoms with Crippen molar-refractivity contribution in [2.75, 3.05) is 0 Å². The van der Waals surface area contributed by atoms with Crippen molar-refractivity contribution in [3.63, 3.8) is 0 Å². The predicted octanol–water partition coefficient (Wildman–Crippen LogP) is 6.64. The molecule has 4 rings (SSSR count). The van der Waals surface area contributed by atoms with E-state index in [-0.39, 0.29) is 0 Å². The number of hydrogen-bond acceptors (Lipinski definition) is 0. The zero-order valence-corrected chi connectivity index (χ0v) is 16.4. The molecule has 122 valence electrons. The second kappa shape index (κ2) is 5.32. The molecule has 2 aromatic carbocycles. The average Bonchev–Trinajstić information content (AvgIpc) is 3.05. The highest BCUT2D eigenvalue weighted by atomic mass is 28.3. The highest BCUT2D eigenvalue weighted by Crippen LogP contribution is 2.52. The molecule has 0 amide bonds. The van der Waals surface area contributed by atoms with E-state index in [2.05, 4.69) is 82.4 Å². The van der Waals surface area contributed by atoms with Gasteiger partial charge in [0.15, 0.2) is 0 Å². The van der Waals surface area contributed by atoms with Gasteiger partial charge in [-0.1, -0.05) is 78.0 Å². The summed E-state index contributed by atoms with van der Waals surface area (Å²) in [7, 11) is -1.65. The van der Waals surface area contributed by atoms with E-state index in [9.17, 15) is 0 Å². The zero-order valence-electron chi connectivity index (χ0n) is 15.4. The van der Waals surface area contributed by atoms with Gasteiger partial charge in [-0.3, -0.25) is 0 Å². The van der Waals surface area contributed by atoms with Gasteiger partial charge in [0.2, 0.25) is 0 Å². The maximum absolute atomic E-state index is 2.58. The lowest BCUT2D eigenvalue weighted by atomic mass is 10.1. The molecular formula is C23H26Si. The second-order valence-electron chi connectivity index (χ2n) is 8.01. The summed E-state index contributed by atoms with van der Waals surface area (Å²) >= 11 is 0. The number of fused-ring (bicyclic) bond motifs is 3. The van der Waals surface area contributed by atoms with Crippen molar-refractivity contribution >= 4 is 8.07 Å². The van der Waals surface area contributed by atoms with Crippen LogP contribution in [0.4, 0.5) is 0 Å². The van der Waals surface area contributed by atoms with Crippen molar-refractivity contribution in [1.29, 1.82) is 0 Å². The molecule has 2 aliphatic carbocycles. The van der Waals surface area contributed by atoms with Gasteiger partial charge in [-0.25, -0.2) is 0 Å². The van der Waals surface area contributed by atoms with Gasteiger partial charge in [-0.05, 0) is 55.0 Å². The fourth-order valence-electron chi connectivity index (χ4n) is 4.90. The number of allylic oxidation sites excluding steroid dienone is 4. The minimum atomic E-state index is -1.65. The van der Waals surface area contributed by atoms with Gasteiger partial charge >= 0.3 is 0 Å². The van der Waals surface area contributed by atoms with Crippen molar-refractivity contribution < 1.29 is 0 Å². The molecule has 0 saturated carbocycles. The van der Waals surface area contributed by atoms with Gasteiger partial charge in [-0.2, -0.15) is 0 Å². The van der Waals surface area contributed by atoms with E-state index in [1.807, 2.05) is 0 Å². The van der Waals surface area contributed by atoms with Crippen LogP contribution < -0.4 is 0 Å². The summed E-state index contributed by atoms with van der Waals surface area (Å²) in [5.41, 5.74) is 11.3. The Bertz CT molecular complexity index is 850. The first kappa shape index (κ1) is 15.7. The third kappa shape index (κ3) is 2.04. The van der Waals surface area contributed by atoms with Crippen molar-refractivity contribution in [2.45, 2.75) is 45.8 Å². The van der Waals surface area contributed by atoms with Gasteiger partial charge in [0.1, 0.15) is 0 Å². The summed E-state index contributed by atoms with van der Waals surface area (Å²) in [6.45, 7) is 12.1. The summed E-state index contributed by atoms with van der Waals surface area (Å²) in [5, 5.41) is 1.76. The van der Waals surface area contributed by atoms with Crippen LogP contribution in [0.15, 0.2) is 70.4 Å². The van der Waals surface area contributed by atoms with Crippen molar-refractivity contribution in [3.8, 4) is 11.1 Å². The van der Waals surface area contributed by atoms with Crippen LogP contribution in [-0.4, -0.2) is 8.07 Å². The summed E-state index contributed by atoms with van der Waals surface area (Å²) in [5.74, 6) is 0. The maximum Gasteiger partial charge on any atom is 0.0884 e. The highest BCUT2D eigenvalue weighted by molar-refractivity contribution is 6.86. The lowest BCUT2D eigenvalue weighted by Crippen LogP contribution is -2.38. The van der Waals surface area contributed by atoms with Crippen molar-refractivity contribution in [2.24, 2.45) is 0 Å². The Balaban J connectivity index is 1.91. The number of benzene rings is 2. The van der Waals surface area contributed by atoms with E-state index in [1.165, 1.54) is 23.1 Å². The van der Waals surface area contributed by atoms with E-state index >= 15 is 0 Å². The minimum absolute atomic E-state index is 0.577. The topological polar surface area (TPSA) is 0 Å². The summed E-state index contributed by atoms with van der Waals surface area (Å²) in [6, 6.07) is 18.1. The molecular weight excluding hydrogens is 304 g/mol. The van der Waals surface area contributed by atoms with Gasteiger partial charge in [0.05, 0.1) is 8.07 Å². The molecule has 0 bridgehead atoms. The molecule has 2 aromatic rings. The third-order valence-electron chi connectivity index (χ3n) is 6.43. The van der Waals surface area contributed by atoms with Gasteiger partial charge in [0.25, 0.3) is 0 Å². The molecule has 1 heteroatoms. The van der Waals surface area contributed by atoms with E-state index in [0.29, 0.717) is 5.54 Å². The molecule has 0 N–H and O–H groups in total. The minimum Gasteiger partial charge on any atom is -0.0728 e. The average molecular weight is 331 g/mol. The molecule has 0 unspecified atom stereocenters. The van der Waals surface area contributed by atoms with Gasteiger partial charge < -0.3 is 0 Å². The standard InChI is InChI=1S/C23H26Si/c1-15-14-22(17(3)16(15)2)24(4,5)23-20-12-8-6-10-18(20)19-11-7-9-13-21(19)23/h6-13,23H,14H2,1-5H3. The first-order chi connectivity index (χ1) is 11.4. The monoisotopic (exact) mass is 330 g/mol. The molecule has 0 fully saturated rings. The van der Waals surface area contributed by atoms with Crippen LogP contribution in [0, 0.1) is 0 Å². The lowest BCUT2D eigenvalue weighted by molar-refractivity contribution is 1.09. The molecule has 0 spiro atoms. The van der Waals surface area contributed by atoms with E-state index < -0.39 is 8.07 Å². The largest absolute Gasteiger partial charge is 0.0884 e. The summed E-state index contributed by atoms with van der Waals surface area (Å²) in [4.78, 5) is 0. The van der Waals surface area contributed by atoms with E-state index in [1.54, 1.807) is 27.5 Å². The molecule has 0 heterocycles. The van der Waals surface area contributed by atoms with Crippen LogP contribution in [-0.2, 0) is 0 Å². The smallest absolute Gasteiger partial charge is 0.0728 e. The normalized spacial score (nSPS) is 17.5.